The first kappa shape index (κ1) is 25.5. The van der Waals surface area contributed by atoms with E-state index in [2.05, 4.69) is 14.5 Å². The van der Waals surface area contributed by atoms with Gasteiger partial charge in [-0.2, -0.15) is 0 Å². The summed E-state index contributed by atoms with van der Waals surface area (Å²) in [5.74, 6) is 0.563. The molecule has 0 spiro atoms. The highest BCUT2D eigenvalue weighted by Crippen LogP contribution is 2.32. The minimum Gasteiger partial charge on any atom is -0.495 e. The zero-order chi connectivity index (χ0) is 25.3. The van der Waals surface area contributed by atoms with Gasteiger partial charge in [0.1, 0.15) is 16.5 Å². The third-order valence-corrected chi connectivity index (χ3v) is 6.77. The first-order valence-electron chi connectivity index (χ1n) is 11.0. The highest BCUT2D eigenvalue weighted by atomic mass is 35.5. The van der Waals surface area contributed by atoms with Crippen LogP contribution in [0.4, 0.5) is 18.9 Å². The number of piperazine rings is 1. The van der Waals surface area contributed by atoms with E-state index in [4.69, 9.17) is 27.9 Å². The Kier molecular flexibility index (Phi) is 7.44. The molecule has 0 unspecified atom stereocenters. The SMILES string of the molecule is COc1ccc(Cl)cc1N1CCN(Cc2c(Cl)c(=O)n(C3=CC=C(OC(F)(F)F)CC3)n2C)CC1. The summed E-state index contributed by atoms with van der Waals surface area (Å²) in [5, 5.41) is 0.740. The van der Waals surface area contributed by atoms with Gasteiger partial charge in [-0.05, 0) is 36.8 Å². The van der Waals surface area contributed by atoms with Gasteiger partial charge in [0.25, 0.3) is 5.56 Å². The van der Waals surface area contributed by atoms with Crippen molar-refractivity contribution >= 4 is 34.6 Å². The minimum atomic E-state index is -4.74. The van der Waals surface area contributed by atoms with E-state index in [0.717, 1.165) is 37.6 Å². The molecule has 0 atom stereocenters. The van der Waals surface area contributed by atoms with Gasteiger partial charge in [0.05, 0.1) is 18.5 Å². The van der Waals surface area contributed by atoms with Crippen molar-refractivity contribution < 1.29 is 22.6 Å². The molecule has 35 heavy (non-hydrogen) atoms. The summed E-state index contributed by atoms with van der Waals surface area (Å²) in [6, 6.07) is 5.51. The van der Waals surface area contributed by atoms with Crippen LogP contribution in [0.5, 0.6) is 5.75 Å². The number of rotatable bonds is 6. The normalized spacial score (nSPS) is 17.3. The average molecular weight is 533 g/mol. The van der Waals surface area contributed by atoms with Gasteiger partial charge in [0.15, 0.2) is 0 Å². The summed E-state index contributed by atoms with van der Waals surface area (Å²) >= 11 is 12.6. The molecule has 1 aliphatic carbocycles. The van der Waals surface area contributed by atoms with Gasteiger partial charge in [-0.25, -0.2) is 4.68 Å². The Balaban J connectivity index is 1.47. The Morgan fingerprint density at radius 1 is 1.06 bits per heavy atom. The Bertz CT molecular complexity index is 1210. The number of aromatic nitrogens is 2. The fourth-order valence-electron chi connectivity index (χ4n) is 4.40. The van der Waals surface area contributed by atoms with E-state index >= 15 is 0 Å². The van der Waals surface area contributed by atoms with Gasteiger partial charge >= 0.3 is 6.36 Å². The molecule has 2 aliphatic rings. The zero-order valence-corrected chi connectivity index (χ0v) is 20.8. The predicted molar refractivity (Wildman–Crippen MR) is 129 cm³/mol. The minimum absolute atomic E-state index is 0.0326. The monoisotopic (exact) mass is 532 g/mol. The maximum atomic E-state index is 12.9. The average Bonchev–Trinajstić information content (AvgIpc) is 3.02. The van der Waals surface area contributed by atoms with Crippen LogP contribution in [0.1, 0.15) is 18.5 Å². The third kappa shape index (κ3) is 5.65. The van der Waals surface area contributed by atoms with Crippen molar-refractivity contribution in [2.24, 2.45) is 7.05 Å². The number of allylic oxidation sites excluding steroid dienone is 4. The van der Waals surface area contributed by atoms with Crippen LogP contribution in [-0.4, -0.2) is 53.9 Å². The topological polar surface area (TPSA) is 51.9 Å². The molecule has 1 fully saturated rings. The molecule has 1 aliphatic heterocycles. The van der Waals surface area contributed by atoms with Crippen molar-refractivity contribution in [3.63, 3.8) is 0 Å². The van der Waals surface area contributed by atoms with Gasteiger partial charge in [-0.15, -0.1) is 13.2 Å². The standard InChI is InChI=1S/C23H25Cl2F3N4O3/c1-29-19(14-30-9-11-31(12-10-30)18-13-15(24)3-8-20(18)34-2)21(25)22(33)32(29)16-4-6-17(7-5-16)35-23(26,27)28/h3-4,6,8,13H,5,7,9-12,14H2,1-2H3. The highest BCUT2D eigenvalue weighted by Gasteiger charge is 2.33. The Morgan fingerprint density at radius 2 is 1.77 bits per heavy atom. The summed E-state index contributed by atoms with van der Waals surface area (Å²) < 4.78 is 49.9. The second-order valence-electron chi connectivity index (χ2n) is 8.32. The predicted octanol–water partition coefficient (Wildman–Crippen LogP) is 4.88. The largest absolute Gasteiger partial charge is 0.572 e. The Hall–Kier alpha value is -2.56. The van der Waals surface area contributed by atoms with Crippen molar-refractivity contribution in [1.82, 2.24) is 14.3 Å². The maximum Gasteiger partial charge on any atom is 0.572 e. The molecule has 1 saturated heterocycles. The summed E-state index contributed by atoms with van der Waals surface area (Å²) in [6.07, 6.45) is -1.79. The number of hydrogen-bond acceptors (Lipinski definition) is 5. The van der Waals surface area contributed by atoms with Crippen LogP contribution in [-0.2, 0) is 18.3 Å². The second kappa shape index (κ2) is 10.2. The molecule has 1 aromatic carbocycles. The number of nitrogens with zero attached hydrogens (tertiary/aromatic N) is 4. The van der Waals surface area contributed by atoms with E-state index in [1.165, 1.54) is 16.8 Å². The van der Waals surface area contributed by atoms with Crippen molar-refractivity contribution in [2.45, 2.75) is 25.7 Å². The molecule has 0 amide bonds. The smallest absolute Gasteiger partial charge is 0.495 e. The highest BCUT2D eigenvalue weighted by molar-refractivity contribution is 6.31. The number of ether oxygens (including phenoxy) is 2. The summed E-state index contributed by atoms with van der Waals surface area (Å²) in [5.41, 5.74) is 1.74. The number of halogens is 5. The number of alkyl halides is 3. The summed E-state index contributed by atoms with van der Waals surface area (Å²) in [7, 11) is 3.35. The van der Waals surface area contributed by atoms with E-state index in [9.17, 15) is 18.0 Å². The molecule has 12 heteroatoms. The van der Waals surface area contributed by atoms with E-state index in [0.29, 0.717) is 23.0 Å². The Morgan fingerprint density at radius 3 is 2.37 bits per heavy atom. The van der Waals surface area contributed by atoms with Gasteiger partial charge in [0.2, 0.25) is 0 Å². The lowest BCUT2D eigenvalue weighted by molar-refractivity contribution is -0.306. The molecule has 0 bridgehead atoms. The van der Waals surface area contributed by atoms with E-state index in [-0.39, 0.29) is 23.6 Å². The number of benzene rings is 1. The number of anilines is 1. The molecule has 2 aromatic rings. The molecule has 4 rings (SSSR count). The van der Waals surface area contributed by atoms with Crippen LogP contribution >= 0.6 is 23.2 Å². The van der Waals surface area contributed by atoms with E-state index in [1.807, 2.05) is 12.1 Å². The third-order valence-electron chi connectivity index (χ3n) is 6.16. The van der Waals surface area contributed by atoms with Crippen molar-refractivity contribution in [3.8, 4) is 5.75 Å². The second-order valence-corrected chi connectivity index (χ2v) is 9.13. The van der Waals surface area contributed by atoms with Gasteiger partial charge in [0, 0.05) is 56.9 Å². The molecular weight excluding hydrogens is 508 g/mol. The number of hydrogen-bond donors (Lipinski definition) is 0. The lowest BCUT2D eigenvalue weighted by atomic mass is 10.1. The molecule has 7 nitrogen and oxygen atoms in total. The summed E-state index contributed by atoms with van der Waals surface area (Å²) in [6.45, 7) is 3.40. The fourth-order valence-corrected chi connectivity index (χ4v) is 4.82. The molecule has 0 N–H and O–H groups in total. The number of methoxy groups -OCH3 is 1. The van der Waals surface area contributed by atoms with Crippen LogP contribution < -0.4 is 15.2 Å². The van der Waals surface area contributed by atoms with E-state index in [1.54, 1.807) is 24.9 Å². The van der Waals surface area contributed by atoms with Crippen LogP contribution in [0.25, 0.3) is 5.70 Å². The maximum absolute atomic E-state index is 12.9. The first-order chi connectivity index (χ1) is 16.6. The fraction of sp³-hybridized carbons (Fsp3) is 0.435. The van der Waals surface area contributed by atoms with Crippen molar-refractivity contribution in [1.29, 1.82) is 0 Å². The van der Waals surface area contributed by atoms with Crippen molar-refractivity contribution in [3.05, 3.63) is 62.2 Å². The lowest BCUT2D eigenvalue weighted by Crippen LogP contribution is -2.46. The van der Waals surface area contributed by atoms with Crippen LogP contribution in [0.3, 0.4) is 0 Å². The quantitative estimate of drug-likeness (QED) is 0.530. The summed E-state index contributed by atoms with van der Waals surface area (Å²) in [4.78, 5) is 17.3. The van der Waals surface area contributed by atoms with Gasteiger partial charge in [-0.1, -0.05) is 23.2 Å². The molecule has 190 valence electrons. The zero-order valence-electron chi connectivity index (χ0n) is 19.2. The lowest BCUT2D eigenvalue weighted by Gasteiger charge is -2.36. The van der Waals surface area contributed by atoms with E-state index < -0.39 is 11.9 Å². The van der Waals surface area contributed by atoms with Gasteiger partial charge < -0.3 is 14.4 Å². The molecular formula is C23H25Cl2F3N4O3. The van der Waals surface area contributed by atoms with Gasteiger partial charge in [-0.3, -0.25) is 14.4 Å². The van der Waals surface area contributed by atoms with Crippen LogP contribution in [0, 0.1) is 0 Å². The molecule has 0 saturated carbocycles. The van der Waals surface area contributed by atoms with Crippen LogP contribution in [0.15, 0.2) is 40.9 Å². The van der Waals surface area contributed by atoms with Crippen LogP contribution in [0.2, 0.25) is 10.0 Å². The molecule has 1 aromatic heterocycles. The van der Waals surface area contributed by atoms with Crippen molar-refractivity contribution in [2.75, 3.05) is 38.2 Å². The molecule has 2 heterocycles. The first-order valence-corrected chi connectivity index (χ1v) is 11.8. The molecule has 0 radical (unpaired) electrons. The Labute approximate surface area is 210 Å².